The number of nitrogens with one attached hydrogen (secondary N) is 1. The van der Waals surface area contributed by atoms with E-state index in [-0.39, 0.29) is 25.2 Å². The molecule has 2 rings (SSSR count). The zero-order chi connectivity index (χ0) is 14.2. The number of hydrogen-bond donors (Lipinski definition) is 2. The molecule has 20 heavy (non-hydrogen) atoms. The Kier molecular flexibility index (Phi) is 5.83. The number of ether oxygens (including phenoxy) is 2. The van der Waals surface area contributed by atoms with Gasteiger partial charge in [0.2, 0.25) is 0 Å². The molecule has 1 amide bonds. The highest BCUT2D eigenvalue weighted by Crippen LogP contribution is 2.18. The molecule has 5 heteroatoms. The maximum atomic E-state index is 11.8. The lowest BCUT2D eigenvalue weighted by atomic mass is 9.92. The van der Waals surface area contributed by atoms with Crippen molar-refractivity contribution in [2.24, 2.45) is 5.92 Å². The fraction of sp³-hybridized carbons (Fsp3) is 0.533. The van der Waals surface area contributed by atoms with E-state index in [4.69, 9.17) is 9.47 Å². The van der Waals surface area contributed by atoms with Crippen LogP contribution >= 0.6 is 0 Å². The Hall–Kier alpha value is -1.59. The van der Waals surface area contributed by atoms with Crippen LogP contribution in [0.1, 0.15) is 18.4 Å². The lowest BCUT2D eigenvalue weighted by Gasteiger charge is -2.29. The highest BCUT2D eigenvalue weighted by atomic mass is 16.5. The summed E-state index contributed by atoms with van der Waals surface area (Å²) in [5.74, 6) is 0.248. The molecular weight excluding hydrogens is 258 g/mol. The van der Waals surface area contributed by atoms with Gasteiger partial charge in [0.05, 0.1) is 12.6 Å². The lowest BCUT2D eigenvalue weighted by molar-refractivity contribution is 0.0415. The topological polar surface area (TPSA) is 67.8 Å². The fourth-order valence-electron chi connectivity index (χ4n) is 2.35. The number of rotatable bonds is 5. The van der Waals surface area contributed by atoms with Crippen LogP contribution in [0.25, 0.3) is 0 Å². The number of carbonyl (C=O) groups is 1. The molecule has 1 aliphatic heterocycles. The van der Waals surface area contributed by atoms with Gasteiger partial charge in [0.1, 0.15) is 6.61 Å². The molecule has 5 nitrogen and oxygen atoms in total. The van der Waals surface area contributed by atoms with Crippen molar-refractivity contribution >= 4 is 6.09 Å². The molecule has 0 spiro atoms. The standard InChI is InChI=1S/C15H21NO4/c17-10-14(13-6-8-19-9-7-13)16-15(18)20-11-12-4-2-1-3-5-12/h1-5,13-14,17H,6-11H2,(H,16,18). The molecule has 1 saturated heterocycles. The van der Waals surface area contributed by atoms with E-state index in [1.54, 1.807) is 0 Å². The quantitative estimate of drug-likeness (QED) is 0.861. The molecule has 1 aromatic rings. The van der Waals surface area contributed by atoms with Crippen LogP contribution in [0.3, 0.4) is 0 Å². The first-order valence-corrected chi connectivity index (χ1v) is 6.95. The molecule has 0 aliphatic carbocycles. The van der Waals surface area contributed by atoms with Crippen LogP contribution in [0.2, 0.25) is 0 Å². The number of aliphatic hydroxyl groups is 1. The Morgan fingerprint density at radius 1 is 1.35 bits per heavy atom. The molecule has 110 valence electrons. The second kappa shape index (κ2) is 7.87. The predicted molar refractivity (Wildman–Crippen MR) is 74.2 cm³/mol. The Labute approximate surface area is 118 Å². The van der Waals surface area contributed by atoms with Crippen molar-refractivity contribution in [2.75, 3.05) is 19.8 Å². The van der Waals surface area contributed by atoms with Gasteiger partial charge in [-0.1, -0.05) is 30.3 Å². The van der Waals surface area contributed by atoms with Gasteiger partial charge in [-0.05, 0) is 24.3 Å². The minimum Gasteiger partial charge on any atom is -0.445 e. The maximum Gasteiger partial charge on any atom is 0.407 e. The van der Waals surface area contributed by atoms with Crippen molar-refractivity contribution in [1.29, 1.82) is 0 Å². The third kappa shape index (κ3) is 4.51. The Bertz CT molecular complexity index is 404. The zero-order valence-electron chi connectivity index (χ0n) is 11.5. The van der Waals surface area contributed by atoms with Crippen LogP contribution in [0.4, 0.5) is 4.79 Å². The molecule has 0 radical (unpaired) electrons. The van der Waals surface area contributed by atoms with Gasteiger partial charge in [-0.3, -0.25) is 0 Å². The summed E-state index contributed by atoms with van der Waals surface area (Å²) in [5, 5.41) is 12.1. The molecule has 1 fully saturated rings. The van der Waals surface area contributed by atoms with Crippen LogP contribution < -0.4 is 5.32 Å². The third-order valence-electron chi connectivity index (χ3n) is 3.55. The van der Waals surface area contributed by atoms with Crippen LogP contribution in [0.15, 0.2) is 30.3 Å². The average Bonchev–Trinajstić information content (AvgIpc) is 2.52. The zero-order valence-corrected chi connectivity index (χ0v) is 11.5. The second-order valence-electron chi connectivity index (χ2n) is 4.94. The minimum atomic E-state index is -0.487. The van der Waals surface area contributed by atoms with E-state index in [0.29, 0.717) is 13.2 Å². The van der Waals surface area contributed by atoms with Crippen molar-refractivity contribution in [1.82, 2.24) is 5.32 Å². The highest BCUT2D eigenvalue weighted by molar-refractivity contribution is 5.67. The van der Waals surface area contributed by atoms with Gasteiger partial charge in [0, 0.05) is 13.2 Å². The van der Waals surface area contributed by atoms with Crippen LogP contribution in [0.5, 0.6) is 0 Å². The summed E-state index contributed by atoms with van der Waals surface area (Å²) in [5.41, 5.74) is 0.939. The smallest absolute Gasteiger partial charge is 0.407 e. The summed E-state index contributed by atoms with van der Waals surface area (Å²) < 4.78 is 10.4. The van der Waals surface area contributed by atoms with E-state index in [0.717, 1.165) is 18.4 Å². The van der Waals surface area contributed by atoms with Gasteiger partial charge < -0.3 is 19.9 Å². The van der Waals surface area contributed by atoms with E-state index in [2.05, 4.69) is 5.32 Å². The number of benzene rings is 1. The van der Waals surface area contributed by atoms with Crippen LogP contribution in [-0.4, -0.2) is 37.1 Å². The molecule has 1 atom stereocenters. The van der Waals surface area contributed by atoms with Gasteiger partial charge >= 0.3 is 6.09 Å². The largest absolute Gasteiger partial charge is 0.445 e. The summed E-state index contributed by atoms with van der Waals surface area (Å²) in [6, 6.07) is 9.24. The first-order valence-electron chi connectivity index (χ1n) is 6.95. The molecule has 0 bridgehead atoms. The molecular formula is C15H21NO4. The van der Waals surface area contributed by atoms with Crippen LogP contribution in [-0.2, 0) is 16.1 Å². The number of amides is 1. The summed E-state index contributed by atoms with van der Waals surface area (Å²) >= 11 is 0. The van der Waals surface area contributed by atoms with Gasteiger partial charge in [-0.15, -0.1) is 0 Å². The maximum absolute atomic E-state index is 11.8. The third-order valence-corrected chi connectivity index (χ3v) is 3.55. The molecule has 1 aromatic carbocycles. The van der Waals surface area contributed by atoms with E-state index in [9.17, 15) is 9.90 Å². The number of carbonyl (C=O) groups excluding carboxylic acids is 1. The summed E-state index contributed by atoms with van der Waals surface area (Å²) in [4.78, 5) is 11.8. The molecule has 0 aromatic heterocycles. The second-order valence-corrected chi connectivity index (χ2v) is 4.94. The Morgan fingerprint density at radius 3 is 2.70 bits per heavy atom. The Morgan fingerprint density at radius 2 is 2.05 bits per heavy atom. The van der Waals surface area contributed by atoms with Gasteiger partial charge in [-0.25, -0.2) is 4.79 Å². The Balaban J connectivity index is 1.77. The number of hydrogen-bond acceptors (Lipinski definition) is 4. The van der Waals surface area contributed by atoms with Crippen molar-refractivity contribution < 1.29 is 19.4 Å². The molecule has 2 N–H and O–H groups in total. The van der Waals surface area contributed by atoms with Crippen molar-refractivity contribution in [3.05, 3.63) is 35.9 Å². The van der Waals surface area contributed by atoms with Gasteiger partial charge in [0.25, 0.3) is 0 Å². The monoisotopic (exact) mass is 279 g/mol. The summed E-state index contributed by atoms with van der Waals surface area (Å²) in [7, 11) is 0. The molecule has 1 aliphatic rings. The van der Waals surface area contributed by atoms with Crippen molar-refractivity contribution in [2.45, 2.75) is 25.5 Å². The summed E-state index contributed by atoms with van der Waals surface area (Å²) in [6.07, 6.45) is 1.22. The van der Waals surface area contributed by atoms with Gasteiger partial charge in [-0.2, -0.15) is 0 Å². The molecule has 0 saturated carbocycles. The molecule has 1 heterocycles. The van der Waals surface area contributed by atoms with E-state index >= 15 is 0 Å². The van der Waals surface area contributed by atoms with E-state index < -0.39 is 6.09 Å². The lowest BCUT2D eigenvalue weighted by Crippen LogP contribution is -2.44. The van der Waals surface area contributed by atoms with E-state index in [1.165, 1.54) is 0 Å². The SMILES string of the molecule is O=C(NC(CO)C1CCOCC1)OCc1ccccc1. The predicted octanol–water partition coefficient (Wildman–Crippen LogP) is 1.70. The summed E-state index contributed by atoms with van der Waals surface area (Å²) in [6.45, 7) is 1.52. The van der Waals surface area contributed by atoms with E-state index in [1.807, 2.05) is 30.3 Å². The number of aliphatic hydroxyl groups excluding tert-OH is 1. The minimum absolute atomic E-state index is 0.0783. The van der Waals surface area contributed by atoms with Gasteiger partial charge in [0.15, 0.2) is 0 Å². The normalized spacial score (nSPS) is 17.4. The number of alkyl carbamates (subject to hydrolysis) is 1. The van der Waals surface area contributed by atoms with Crippen molar-refractivity contribution in [3.8, 4) is 0 Å². The van der Waals surface area contributed by atoms with Crippen LogP contribution in [0, 0.1) is 5.92 Å². The average molecular weight is 279 g/mol. The highest BCUT2D eigenvalue weighted by Gasteiger charge is 2.25. The molecule has 1 unspecified atom stereocenters. The first kappa shape index (κ1) is 14.8. The van der Waals surface area contributed by atoms with Crippen molar-refractivity contribution in [3.63, 3.8) is 0 Å². The fourth-order valence-corrected chi connectivity index (χ4v) is 2.35. The first-order chi connectivity index (χ1) is 9.79.